The minimum atomic E-state index is -1.01. The van der Waals surface area contributed by atoms with Gasteiger partial charge in [-0.3, -0.25) is 14.4 Å². The lowest BCUT2D eigenvalue weighted by atomic mass is 10.1. The molecule has 9 nitrogen and oxygen atoms in total. The molecule has 9 heteroatoms. The number of carbonyl (C=O) groups excluding carboxylic acids is 3. The van der Waals surface area contributed by atoms with Gasteiger partial charge in [-0.1, -0.05) is 25.1 Å². The molecule has 0 saturated heterocycles. The van der Waals surface area contributed by atoms with Crippen molar-refractivity contribution in [3.8, 4) is 0 Å². The molecule has 0 aliphatic heterocycles. The van der Waals surface area contributed by atoms with Crippen LogP contribution in [0.5, 0.6) is 0 Å². The van der Waals surface area contributed by atoms with Gasteiger partial charge in [0, 0.05) is 35.4 Å². The Balaban J connectivity index is 1.82. The van der Waals surface area contributed by atoms with Gasteiger partial charge in [-0.05, 0) is 49.7 Å². The van der Waals surface area contributed by atoms with Crippen LogP contribution in [-0.2, 0) is 14.4 Å². The molecule has 0 aromatic heterocycles. The van der Waals surface area contributed by atoms with E-state index in [9.17, 15) is 19.2 Å². The average molecular weight is 441 g/mol. The maximum atomic E-state index is 12.2. The Morgan fingerprint density at radius 1 is 0.844 bits per heavy atom. The number of aryl methyl sites for hydroxylation is 1. The fourth-order valence-electron chi connectivity index (χ4n) is 2.92. The monoisotopic (exact) mass is 440 g/mol. The fourth-order valence-corrected chi connectivity index (χ4v) is 2.92. The molecule has 0 fully saturated rings. The third-order valence-electron chi connectivity index (χ3n) is 4.63. The summed E-state index contributed by atoms with van der Waals surface area (Å²) in [6, 6.07) is 13.1. The molecule has 0 aliphatic rings. The van der Waals surface area contributed by atoms with Crippen molar-refractivity contribution in [2.24, 2.45) is 5.92 Å². The lowest BCUT2D eigenvalue weighted by Crippen LogP contribution is -2.38. The summed E-state index contributed by atoms with van der Waals surface area (Å²) in [6.45, 7) is 5.09. The van der Waals surface area contributed by atoms with Crippen LogP contribution in [0, 0.1) is 12.8 Å². The van der Waals surface area contributed by atoms with Gasteiger partial charge in [0.1, 0.15) is 0 Å². The van der Waals surface area contributed by atoms with Crippen LogP contribution in [-0.4, -0.2) is 35.0 Å². The number of aliphatic carboxylic acids is 1. The van der Waals surface area contributed by atoms with Crippen molar-refractivity contribution < 1.29 is 24.3 Å². The molecule has 2 aromatic carbocycles. The fraction of sp³-hybridized carbons (Fsp3) is 0.304. The van der Waals surface area contributed by atoms with E-state index < -0.39 is 17.9 Å². The third-order valence-corrected chi connectivity index (χ3v) is 4.63. The Morgan fingerprint density at radius 3 is 2.03 bits per heavy atom. The Bertz CT molecular complexity index is 975. The second-order valence-electron chi connectivity index (χ2n) is 7.63. The molecule has 5 N–H and O–H groups in total. The highest BCUT2D eigenvalue weighted by atomic mass is 16.4. The zero-order chi connectivity index (χ0) is 23.7. The topological polar surface area (TPSA) is 137 Å². The van der Waals surface area contributed by atoms with Gasteiger partial charge in [0.2, 0.25) is 11.8 Å². The minimum Gasteiger partial charge on any atom is -0.481 e. The highest BCUT2D eigenvalue weighted by molar-refractivity contribution is 6.00. The summed E-state index contributed by atoms with van der Waals surface area (Å²) < 4.78 is 0. The van der Waals surface area contributed by atoms with Crippen LogP contribution in [0.2, 0.25) is 0 Å². The predicted molar refractivity (Wildman–Crippen MR) is 123 cm³/mol. The highest BCUT2D eigenvalue weighted by Crippen LogP contribution is 2.17. The Morgan fingerprint density at radius 2 is 1.44 bits per heavy atom. The van der Waals surface area contributed by atoms with Gasteiger partial charge in [-0.15, -0.1) is 0 Å². The molecule has 32 heavy (non-hydrogen) atoms. The minimum absolute atomic E-state index is 0.0511. The quantitative estimate of drug-likeness (QED) is 0.406. The summed E-state index contributed by atoms with van der Waals surface area (Å²) in [6.07, 6.45) is -0.238. The van der Waals surface area contributed by atoms with Crippen molar-refractivity contribution in [1.29, 1.82) is 0 Å². The van der Waals surface area contributed by atoms with Crippen LogP contribution in [0.3, 0.4) is 0 Å². The number of carboxylic acid groups (broad SMARTS) is 1. The van der Waals surface area contributed by atoms with Crippen molar-refractivity contribution in [2.45, 2.75) is 39.7 Å². The lowest BCUT2D eigenvalue weighted by Gasteiger charge is -2.16. The summed E-state index contributed by atoms with van der Waals surface area (Å²) in [4.78, 5) is 47.1. The van der Waals surface area contributed by atoms with E-state index in [2.05, 4.69) is 21.3 Å². The smallest absolute Gasteiger partial charge is 0.323 e. The summed E-state index contributed by atoms with van der Waals surface area (Å²) in [5, 5.41) is 19.5. The number of rotatable bonds is 9. The first-order chi connectivity index (χ1) is 15.1. The van der Waals surface area contributed by atoms with Crippen molar-refractivity contribution in [1.82, 2.24) is 5.32 Å². The lowest BCUT2D eigenvalue weighted by molar-refractivity contribution is -0.138. The maximum absolute atomic E-state index is 12.2. The largest absolute Gasteiger partial charge is 0.481 e. The molecule has 2 atom stereocenters. The van der Waals surface area contributed by atoms with Gasteiger partial charge in [0.15, 0.2) is 0 Å². The summed E-state index contributed by atoms with van der Waals surface area (Å²) in [7, 11) is 0. The molecule has 0 radical (unpaired) electrons. The highest BCUT2D eigenvalue weighted by Gasteiger charge is 2.19. The van der Waals surface area contributed by atoms with Crippen molar-refractivity contribution in [3.63, 3.8) is 0 Å². The average Bonchev–Trinajstić information content (AvgIpc) is 2.70. The van der Waals surface area contributed by atoms with E-state index in [1.807, 2.05) is 31.2 Å². The normalized spacial score (nSPS) is 12.2. The Labute approximate surface area is 186 Å². The summed E-state index contributed by atoms with van der Waals surface area (Å²) >= 11 is 0. The predicted octanol–water partition coefficient (Wildman–Crippen LogP) is 3.58. The number of carbonyl (C=O) groups is 4. The molecule has 4 amide bonds. The van der Waals surface area contributed by atoms with Gasteiger partial charge in [-0.2, -0.15) is 0 Å². The molecular formula is C23H28N4O5. The molecule has 2 rings (SSSR count). The SMILES string of the molecule is Cc1ccccc1NC(=O)Nc1ccc(NC(=O)CC(C)C(=O)N[C@H](C)CC(=O)O)cc1. The Hall–Kier alpha value is -3.88. The number of amides is 4. The third kappa shape index (κ3) is 8.10. The number of hydrogen-bond acceptors (Lipinski definition) is 4. The molecule has 0 aliphatic carbocycles. The molecule has 2 aromatic rings. The molecule has 0 spiro atoms. The molecule has 1 unspecified atom stereocenters. The van der Waals surface area contributed by atoms with E-state index in [-0.39, 0.29) is 30.7 Å². The van der Waals surface area contributed by atoms with Gasteiger partial charge in [-0.25, -0.2) is 4.79 Å². The molecule has 0 heterocycles. The maximum Gasteiger partial charge on any atom is 0.323 e. The molecule has 0 bridgehead atoms. The van der Waals surface area contributed by atoms with E-state index in [4.69, 9.17) is 5.11 Å². The van der Waals surface area contributed by atoms with Crippen LogP contribution in [0.15, 0.2) is 48.5 Å². The molecular weight excluding hydrogens is 412 g/mol. The van der Waals surface area contributed by atoms with Crippen molar-refractivity contribution in [3.05, 3.63) is 54.1 Å². The number of anilines is 3. The van der Waals surface area contributed by atoms with Crippen LogP contribution in [0.4, 0.5) is 21.9 Å². The van der Waals surface area contributed by atoms with Crippen molar-refractivity contribution >= 4 is 40.9 Å². The zero-order valence-corrected chi connectivity index (χ0v) is 18.3. The first-order valence-corrected chi connectivity index (χ1v) is 10.2. The molecule has 170 valence electrons. The van der Waals surface area contributed by atoms with Crippen molar-refractivity contribution in [2.75, 3.05) is 16.0 Å². The number of benzene rings is 2. The second-order valence-corrected chi connectivity index (χ2v) is 7.63. The van der Waals surface area contributed by atoms with Crippen LogP contribution >= 0.6 is 0 Å². The number of carboxylic acids is 1. The first-order valence-electron chi connectivity index (χ1n) is 10.2. The Kier molecular flexibility index (Phi) is 8.76. The number of hydrogen-bond donors (Lipinski definition) is 5. The van der Waals surface area contributed by atoms with Gasteiger partial charge in [0.05, 0.1) is 6.42 Å². The summed E-state index contributed by atoms with van der Waals surface area (Å²) in [5.41, 5.74) is 2.73. The van der Waals surface area contributed by atoms with Gasteiger partial charge < -0.3 is 26.4 Å². The summed E-state index contributed by atoms with van der Waals surface area (Å²) in [5.74, 6) is -2.35. The number of urea groups is 1. The standard InChI is InChI=1S/C23H28N4O5/c1-14-6-4-5-7-19(14)27-23(32)26-18-10-8-17(9-11-18)25-20(28)12-15(2)22(31)24-16(3)13-21(29)30/h4-11,15-16H,12-13H2,1-3H3,(H,24,31)(H,25,28)(H,29,30)(H2,26,27,32)/t15?,16-/m1/s1. The van der Waals surface area contributed by atoms with E-state index in [0.29, 0.717) is 17.1 Å². The first kappa shape index (κ1) is 24.4. The van der Waals surface area contributed by atoms with Gasteiger partial charge >= 0.3 is 12.0 Å². The number of nitrogens with one attached hydrogen (secondary N) is 4. The number of para-hydroxylation sites is 1. The van der Waals surface area contributed by atoms with E-state index in [1.165, 1.54) is 0 Å². The van der Waals surface area contributed by atoms with Gasteiger partial charge in [0.25, 0.3) is 0 Å². The molecule has 0 saturated carbocycles. The van der Waals surface area contributed by atoms with E-state index in [1.54, 1.807) is 38.1 Å². The van der Waals surface area contributed by atoms with Crippen LogP contribution in [0.1, 0.15) is 32.3 Å². The van der Waals surface area contributed by atoms with E-state index in [0.717, 1.165) is 5.56 Å². The zero-order valence-electron chi connectivity index (χ0n) is 18.3. The second kappa shape index (κ2) is 11.5. The van der Waals surface area contributed by atoms with Crippen LogP contribution in [0.25, 0.3) is 0 Å². The van der Waals surface area contributed by atoms with Crippen LogP contribution < -0.4 is 21.3 Å². The van der Waals surface area contributed by atoms with E-state index >= 15 is 0 Å².